The molecule has 0 saturated carbocycles. The molecule has 0 unspecified atom stereocenters. The second-order valence-corrected chi connectivity index (χ2v) is 3.03. The Hall–Kier alpha value is -2.04. The zero-order valence-electron chi connectivity index (χ0n) is 8.40. The van der Waals surface area contributed by atoms with E-state index in [1.807, 2.05) is 0 Å². The fourth-order valence-electron chi connectivity index (χ4n) is 0.920. The molecular weight excluding hydrogens is 196 g/mol. The molecule has 0 aliphatic rings. The molecule has 5 heteroatoms. The highest BCUT2D eigenvalue weighted by molar-refractivity contribution is 6.39. The third kappa shape index (κ3) is 2.98. The average Bonchev–Trinajstić information content (AvgIpc) is 2.18. The van der Waals surface area contributed by atoms with Crippen molar-refractivity contribution in [2.75, 3.05) is 5.32 Å². The van der Waals surface area contributed by atoms with Crippen LogP contribution in [0.15, 0.2) is 18.5 Å². The lowest BCUT2D eigenvalue weighted by Gasteiger charge is -2.02. The average molecular weight is 206 g/mol. The normalized spacial score (nSPS) is 9.47. The van der Waals surface area contributed by atoms with Crippen molar-refractivity contribution in [2.45, 2.75) is 13.8 Å². The van der Waals surface area contributed by atoms with Gasteiger partial charge in [-0.3, -0.25) is 19.4 Å². The molecular formula is C10H10N2O3. The van der Waals surface area contributed by atoms with Gasteiger partial charge in [0.25, 0.3) is 5.91 Å². The van der Waals surface area contributed by atoms with Gasteiger partial charge in [0, 0.05) is 18.7 Å². The number of pyridine rings is 1. The zero-order chi connectivity index (χ0) is 11.4. The molecule has 0 aliphatic carbocycles. The molecule has 0 saturated heterocycles. The van der Waals surface area contributed by atoms with Gasteiger partial charge in [0.2, 0.25) is 5.78 Å². The number of nitrogens with one attached hydrogen (secondary N) is 1. The Labute approximate surface area is 86.5 Å². The SMILES string of the molecule is CC(=O)C(=O)Nc1cncc(C(C)=O)c1. The van der Waals surface area contributed by atoms with E-state index in [1.54, 1.807) is 0 Å². The third-order valence-electron chi connectivity index (χ3n) is 1.72. The van der Waals surface area contributed by atoms with E-state index in [4.69, 9.17) is 0 Å². The van der Waals surface area contributed by atoms with Crippen LogP contribution in [-0.2, 0) is 9.59 Å². The summed E-state index contributed by atoms with van der Waals surface area (Å²) in [5.41, 5.74) is 0.722. The van der Waals surface area contributed by atoms with Gasteiger partial charge in [-0.15, -0.1) is 0 Å². The van der Waals surface area contributed by atoms with Crippen LogP contribution in [0.5, 0.6) is 0 Å². The van der Waals surface area contributed by atoms with Gasteiger partial charge in [0.05, 0.1) is 11.9 Å². The van der Waals surface area contributed by atoms with Crippen molar-refractivity contribution >= 4 is 23.2 Å². The van der Waals surface area contributed by atoms with Crippen molar-refractivity contribution in [3.05, 3.63) is 24.0 Å². The summed E-state index contributed by atoms with van der Waals surface area (Å²) in [6, 6.07) is 1.47. The van der Waals surface area contributed by atoms with E-state index in [9.17, 15) is 14.4 Å². The van der Waals surface area contributed by atoms with Crippen molar-refractivity contribution in [2.24, 2.45) is 0 Å². The molecule has 78 valence electrons. The first-order valence-corrected chi connectivity index (χ1v) is 4.28. The topological polar surface area (TPSA) is 76.1 Å². The van der Waals surface area contributed by atoms with Gasteiger partial charge in [0.1, 0.15) is 0 Å². The number of nitrogens with zero attached hydrogens (tertiary/aromatic N) is 1. The first-order chi connectivity index (χ1) is 7.00. The van der Waals surface area contributed by atoms with Crippen LogP contribution < -0.4 is 5.32 Å². The van der Waals surface area contributed by atoms with E-state index in [2.05, 4.69) is 10.3 Å². The standard InChI is InChI=1S/C10H10N2O3/c1-6(13)8-3-9(5-11-4-8)12-10(15)7(2)14/h3-5H,1-2H3,(H,12,15). The summed E-state index contributed by atoms with van der Waals surface area (Å²) < 4.78 is 0. The monoisotopic (exact) mass is 206 g/mol. The molecule has 0 aliphatic heterocycles. The predicted molar refractivity (Wildman–Crippen MR) is 53.6 cm³/mol. The minimum absolute atomic E-state index is 0.151. The summed E-state index contributed by atoms with van der Waals surface area (Å²) in [5.74, 6) is -1.47. The molecule has 0 aromatic carbocycles. The molecule has 0 atom stereocenters. The van der Waals surface area contributed by atoms with Gasteiger partial charge >= 0.3 is 0 Å². The number of hydrogen-bond donors (Lipinski definition) is 1. The summed E-state index contributed by atoms with van der Waals surface area (Å²) in [6.07, 6.45) is 2.76. The first kappa shape index (κ1) is 11.0. The molecule has 0 bridgehead atoms. The summed E-state index contributed by atoms with van der Waals surface area (Å²) in [7, 11) is 0. The van der Waals surface area contributed by atoms with Gasteiger partial charge in [-0.1, -0.05) is 0 Å². The number of carbonyl (C=O) groups is 3. The molecule has 1 aromatic rings. The maximum Gasteiger partial charge on any atom is 0.291 e. The smallest absolute Gasteiger partial charge is 0.291 e. The Balaban J connectivity index is 2.87. The van der Waals surface area contributed by atoms with E-state index in [1.165, 1.54) is 25.4 Å². The van der Waals surface area contributed by atoms with Gasteiger partial charge < -0.3 is 5.32 Å². The largest absolute Gasteiger partial charge is 0.318 e. The first-order valence-electron chi connectivity index (χ1n) is 4.28. The van der Waals surface area contributed by atoms with Crippen molar-refractivity contribution in [1.29, 1.82) is 0 Å². The van der Waals surface area contributed by atoms with Crippen molar-refractivity contribution in [3.8, 4) is 0 Å². The van der Waals surface area contributed by atoms with Crippen LogP contribution in [0.2, 0.25) is 0 Å². The Morgan fingerprint density at radius 2 is 1.87 bits per heavy atom. The zero-order valence-corrected chi connectivity index (χ0v) is 8.40. The number of ketones is 2. The number of Topliss-reactive ketones (excluding diaryl/α,β-unsaturated/α-hetero) is 2. The van der Waals surface area contributed by atoms with Crippen LogP contribution in [0.3, 0.4) is 0 Å². The molecule has 5 nitrogen and oxygen atoms in total. The second kappa shape index (κ2) is 4.45. The van der Waals surface area contributed by atoms with E-state index in [0.717, 1.165) is 6.92 Å². The number of amides is 1. The summed E-state index contributed by atoms with van der Waals surface area (Å²) >= 11 is 0. The lowest BCUT2D eigenvalue weighted by Crippen LogP contribution is -2.19. The van der Waals surface area contributed by atoms with Crippen LogP contribution >= 0.6 is 0 Å². The van der Waals surface area contributed by atoms with Crippen molar-refractivity contribution in [3.63, 3.8) is 0 Å². The minimum atomic E-state index is -0.725. The Bertz CT molecular complexity index is 426. The second-order valence-electron chi connectivity index (χ2n) is 3.03. The molecule has 0 radical (unpaired) electrons. The maximum atomic E-state index is 11.0. The predicted octanol–water partition coefficient (Wildman–Crippen LogP) is 0.812. The van der Waals surface area contributed by atoms with Crippen molar-refractivity contribution < 1.29 is 14.4 Å². The summed E-state index contributed by atoms with van der Waals surface area (Å²) in [4.78, 5) is 36.5. The number of anilines is 1. The molecule has 1 amide bonds. The van der Waals surface area contributed by atoms with E-state index >= 15 is 0 Å². The van der Waals surface area contributed by atoms with Crippen LogP contribution in [-0.4, -0.2) is 22.5 Å². The van der Waals surface area contributed by atoms with E-state index in [0.29, 0.717) is 11.3 Å². The van der Waals surface area contributed by atoms with Gasteiger partial charge in [-0.05, 0) is 13.0 Å². The fraction of sp³-hybridized carbons (Fsp3) is 0.200. The number of aromatic nitrogens is 1. The Morgan fingerprint density at radius 1 is 1.20 bits per heavy atom. The number of hydrogen-bond acceptors (Lipinski definition) is 4. The van der Waals surface area contributed by atoms with E-state index < -0.39 is 11.7 Å². The quantitative estimate of drug-likeness (QED) is 0.586. The van der Waals surface area contributed by atoms with Gasteiger partial charge in [-0.25, -0.2) is 0 Å². The highest BCUT2D eigenvalue weighted by Gasteiger charge is 2.08. The highest BCUT2D eigenvalue weighted by Crippen LogP contribution is 2.08. The molecule has 1 heterocycles. The molecule has 0 fully saturated rings. The molecule has 1 N–H and O–H groups in total. The molecule has 15 heavy (non-hydrogen) atoms. The Kier molecular flexibility index (Phi) is 3.28. The summed E-state index contributed by atoms with van der Waals surface area (Å²) in [6.45, 7) is 2.56. The number of rotatable bonds is 3. The minimum Gasteiger partial charge on any atom is -0.318 e. The lowest BCUT2D eigenvalue weighted by molar-refractivity contribution is -0.133. The van der Waals surface area contributed by atoms with Crippen molar-refractivity contribution in [1.82, 2.24) is 4.98 Å². The van der Waals surface area contributed by atoms with E-state index in [-0.39, 0.29) is 5.78 Å². The number of carbonyl (C=O) groups excluding carboxylic acids is 3. The molecule has 1 aromatic heterocycles. The molecule has 0 spiro atoms. The highest BCUT2D eigenvalue weighted by atomic mass is 16.2. The Morgan fingerprint density at radius 3 is 2.40 bits per heavy atom. The van der Waals surface area contributed by atoms with Crippen LogP contribution in [0.25, 0.3) is 0 Å². The summed E-state index contributed by atoms with van der Waals surface area (Å²) in [5, 5.41) is 2.33. The van der Waals surface area contributed by atoms with Crippen LogP contribution in [0, 0.1) is 0 Å². The van der Waals surface area contributed by atoms with Gasteiger partial charge in [-0.2, -0.15) is 0 Å². The lowest BCUT2D eigenvalue weighted by atomic mass is 10.2. The van der Waals surface area contributed by atoms with Gasteiger partial charge in [0.15, 0.2) is 5.78 Å². The maximum absolute atomic E-state index is 11.0. The fourth-order valence-corrected chi connectivity index (χ4v) is 0.920. The van der Waals surface area contributed by atoms with Crippen LogP contribution in [0.1, 0.15) is 24.2 Å². The molecule has 1 rings (SSSR count). The third-order valence-corrected chi connectivity index (χ3v) is 1.72. The van der Waals surface area contributed by atoms with Crippen LogP contribution in [0.4, 0.5) is 5.69 Å².